The second-order valence-electron chi connectivity index (χ2n) is 7.59. The van der Waals surface area contributed by atoms with E-state index in [1.807, 2.05) is 4.90 Å². The highest BCUT2D eigenvalue weighted by Crippen LogP contribution is 2.25. The van der Waals surface area contributed by atoms with Crippen LogP contribution in [-0.2, 0) is 6.61 Å². The molecule has 1 aliphatic heterocycles. The van der Waals surface area contributed by atoms with E-state index < -0.39 is 5.82 Å². The Morgan fingerprint density at radius 3 is 2.82 bits per heavy atom. The minimum atomic E-state index is -0.532. The first-order valence-electron chi connectivity index (χ1n) is 10.4. The van der Waals surface area contributed by atoms with Gasteiger partial charge in [0.05, 0.1) is 17.8 Å². The highest BCUT2D eigenvalue weighted by molar-refractivity contribution is 5.93. The van der Waals surface area contributed by atoms with E-state index >= 15 is 0 Å². The minimum Gasteiger partial charge on any atom is -0.484 e. The number of ether oxygens (including phenoxy) is 1. The fourth-order valence-electron chi connectivity index (χ4n) is 3.72. The van der Waals surface area contributed by atoms with Crippen molar-refractivity contribution in [1.82, 2.24) is 45.5 Å². The molecule has 0 aliphatic carbocycles. The van der Waals surface area contributed by atoms with Crippen LogP contribution in [0.2, 0.25) is 0 Å². The van der Waals surface area contributed by atoms with Gasteiger partial charge < -0.3 is 9.64 Å². The standard InChI is InChI=1S/C21H20FN9O2/c22-18-10-14(20-25-28-29-26-20)3-4-19(18)33-13-16-12-24-31(27-16)17-5-8-30(9-6-17)21(32)15-2-1-7-23-11-15/h1-4,7,10-12,17H,5-6,8-9,13H2,(H,25,26,28,29). The van der Waals surface area contributed by atoms with Crippen LogP contribution in [0.3, 0.4) is 0 Å². The predicted molar refractivity (Wildman–Crippen MR) is 112 cm³/mol. The van der Waals surface area contributed by atoms with E-state index in [1.165, 1.54) is 12.1 Å². The van der Waals surface area contributed by atoms with Gasteiger partial charge in [-0.1, -0.05) is 0 Å². The molecule has 168 valence electrons. The van der Waals surface area contributed by atoms with E-state index in [1.54, 1.807) is 41.6 Å². The molecule has 1 fully saturated rings. The Labute approximate surface area is 187 Å². The molecule has 0 radical (unpaired) electrons. The zero-order valence-corrected chi connectivity index (χ0v) is 17.5. The van der Waals surface area contributed by atoms with Crippen molar-refractivity contribution in [3.63, 3.8) is 0 Å². The van der Waals surface area contributed by atoms with Crippen LogP contribution in [0.5, 0.6) is 5.75 Å². The molecule has 0 spiro atoms. The Morgan fingerprint density at radius 2 is 2.09 bits per heavy atom. The molecule has 1 aliphatic rings. The summed E-state index contributed by atoms with van der Waals surface area (Å²) in [5.41, 5.74) is 1.67. The SMILES string of the molecule is O=C(c1cccnc1)N1CCC(n2ncc(COc3ccc(-c4nn[nH]n4)cc3F)n2)CC1. The number of tetrazole rings is 1. The Morgan fingerprint density at radius 1 is 1.21 bits per heavy atom. The van der Waals surface area contributed by atoms with Crippen molar-refractivity contribution in [2.45, 2.75) is 25.5 Å². The van der Waals surface area contributed by atoms with Crippen molar-refractivity contribution in [3.05, 3.63) is 66.0 Å². The van der Waals surface area contributed by atoms with Crippen LogP contribution >= 0.6 is 0 Å². The average Bonchev–Trinajstić information content (AvgIpc) is 3.56. The molecular weight excluding hydrogens is 429 g/mol. The van der Waals surface area contributed by atoms with Gasteiger partial charge in [0.25, 0.3) is 5.91 Å². The van der Waals surface area contributed by atoms with Gasteiger partial charge in [-0.3, -0.25) is 9.78 Å². The molecule has 0 bridgehead atoms. The lowest BCUT2D eigenvalue weighted by Gasteiger charge is -2.31. The number of carbonyl (C=O) groups is 1. The van der Waals surface area contributed by atoms with E-state index in [0.29, 0.717) is 35.7 Å². The third-order valence-electron chi connectivity index (χ3n) is 5.45. The van der Waals surface area contributed by atoms with Crippen molar-refractivity contribution < 1.29 is 13.9 Å². The molecule has 0 saturated carbocycles. The van der Waals surface area contributed by atoms with Gasteiger partial charge in [0, 0.05) is 31.0 Å². The highest BCUT2D eigenvalue weighted by atomic mass is 19.1. The number of amides is 1. The number of aromatic nitrogens is 8. The van der Waals surface area contributed by atoms with E-state index in [9.17, 15) is 9.18 Å². The summed E-state index contributed by atoms with van der Waals surface area (Å²) in [7, 11) is 0. The van der Waals surface area contributed by atoms with Crippen molar-refractivity contribution >= 4 is 5.91 Å². The van der Waals surface area contributed by atoms with Crippen molar-refractivity contribution in [3.8, 4) is 17.1 Å². The second-order valence-corrected chi connectivity index (χ2v) is 7.59. The Kier molecular flexibility index (Phi) is 5.70. The summed E-state index contributed by atoms with van der Waals surface area (Å²) in [5, 5.41) is 22.3. The van der Waals surface area contributed by atoms with Crippen LogP contribution in [0.1, 0.15) is 34.9 Å². The highest BCUT2D eigenvalue weighted by Gasteiger charge is 2.26. The average molecular weight is 449 g/mol. The Hall–Kier alpha value is -4.22. The van der Waals surface area contributed by atoms with Crippen LogP contribution in [0.15, 0.2) is 48.9 Å². The third kappa shape index (κ3) is 4.54. The number of likely N-dealkylation sites (tertiary alicyclic amines) is 1. The van der Waals surface area contributed by atoms with E-state index in [4.69, 9.17) is 4.74 Å². The minimum absolute atomic E-state index is 0.0172. The first-order valence-corrected chi connectivity index (χ1v) is 10.4. The summed E-state index contributed by atoms with van der Waals surface area (Å²) in [6.07, 6.45) is 6.32. The molecule has 1 amide bonds. The molecule has 4 aromatic rings. The lowest BCUT2D eigenvalue weighted by atomic mass is 10.0. The van der Waals surface area contributed by atoms with Gasteiger partial charge in [0.1, 0.15) is 12.3 Å². The maximum atomic E-state index is 14.4. The number of hydrogen-bond donors (Lipinski definition) is 1. The van der Waals surface area contributed by atoms with Gasteiger partial charge in [-0.15, -0.1) is 10.2 Å². The molecule has 33 heavy (non-hydrogen) atoms. The van der Waals surface area contributed by atoms with Crippen LogP contribution in [-0.4, -0.2) is 64.5 Å². The number of aromatic amines is 1. The number of pyridine rings is 1. The molecule has 1 N–H and O–H groups in total. The predicted octanol–water partition coefficient (Wildman–Crippen LogP) is 2.05. The number of halogens is 1. The molecule has 0 atom stereocenters. The lowest BCUT2D eigenvalue weighted by Crippen LogP contribution is -2.39. The zero-order chi connectivity index (χ0) is 22.6. The van der Waals surface area contributed by atoms with E-state index in [-0.39, 0.29) is 24.3 Å². The molecular formula is C21H20FN9O2. The topological polar surface area (TPSA) is 128 Å². The van der Waals surface area contributed by atoms with Crippen LogP contribution in [0, 0.1) is 5.82 Å². The van der Waals surface area contributed by atoms with E-state index in [0.717, 1.165) is 12.8 Å². The Balaban J connectivity index is 1.16. The quantitative estimate of drug-likeness (QED) is 0.474. The van der Waals surface area contributed by atoms with Gasteiger partial charge in [0.2, 0.25) is 5.82 Å². The second kappa shape index (κ2) is 9.10. The van der Waals surface area contributed by atoms with Crippen LogP contribution < -0.4 is 4.74 Å². The largest absolute Gasteiger partial charge is 0.484 e. The summed E-state index contributed by atoms with van der Waals surface area (Å²) in [4.78, 5) is 20.1. The maximum Gasteiger partial charge on any atom is 0.255 e. The summed E-state index contributed by atoms with van der Waals surface area (Å²) in [5.74, 6) is -0.151. The van der Waals surface area contributed by atoms with Gasteiger partial charge in [-0.25, -0.2) is 4.39 Å². The number of carbonyl (C=O) groups excluding carboxylic acids is 1. The number of rotatable bonds is 6. The monoisotopic (exact) mass is 449 g/mol. The summed E-state index contributed by atoms with van der Waals surface area (Å²) in [6.45, 7) is 1.31. The first kappa shape index (κ1) is 20.7. The van der Waals surface area contributed by atoms with Gasteiger partial charge in [-0.2, -0.15) is 20.2 Å². The maximum absolute atomic E-state index is 14.4. The van der Waals surface area contributed by atoms with Crippen LogP contribution in [0.4, 0.5) is 4.39 Å². The number of nitrogens with zero attached hydrogens (tertiary/aromatic N) is 8. The summed E-state index contributed by atoms with van der Waals surface area (Å²) >= 11 is 0. The number of hydrogen-bond acceptors (Lipinski definition) is 8. The van der Waals surface area contributed by atoms with Gasteiger partial charge in [-0.05, 0) is 48.4 Å². The van der Waals surface area contributed by atoms with Crippen molar-refractivity contribution in [2.75, 3.05) is 13.1 Å². The molecule has 3 aromatic heterocycles. The number of benzene rings is 1. The molecule has 5 rings (SSSR count). The first-order chi connectivity index (χ1) is 16.2. The third-order valence-corrected chi connectivity index (χ3v) is 5.45. The lowest BCUT2D eigenvalue weighted by molar-refractivity contribution is 0.0683. The Bertz CT molecular complexity index is 1220. The van der Waals surface area contributed by atoms with Crippen LogP contribution in [0.25, 0.3) is 11.4 Å². The number of H-pyrrole nitrogens is 1. The van der Waals surface area contributed by atoms with Crippen molar-refractivity contribution in [1.29, 1.82) is 0 Å². The van der Waals surface area contributed by atoms with Crippen molar-refractivity contribution in [2.24, 2.45) is 0 Å². The molecule has 4 heterocycles. The fourth-order valence-corrected chi connectivity index (χ4v) is 3.72. The normalized spacial score (nSPS) is 14.4. The molecule has 0 unspecified atom stereocenters. The molecule has 12 heteroatoms. The van der Waals surface area contributed by atoms with Gasteiger partial charge >= 0.3 is 0 Å². The summed E-state index contributed by atoms with van der Waals surface area (Å²) in [6, 6.07) is 8.07. The number of piperidine rings is 1. The number of nitrogens with one attached hydrogen (secondary N) is 1. The summed E-state index contributed by atoms with van der Waals surface area (Å²) < 4.78 is 20.0. The molecule has 1 saturated heterocycles. The van der Waals surface area contributed by atoms with Gasteiger partial charge in [0.15, 0.2) is 11.6 Å². The molecule has 11 nitrogen and oxygen atoms in total. The van der Waals surface area contributed by atoms with E-state index in [2.05, 4.69) is 35.8 Å². The zero-order valence-electron chi connectivity index (χ0n) is 17.5. The smallest absolute Gasteiger partial charge is 0.255 e. The molecule has 1 aromatic carbocycles. The fraction of sp³-hybridized carbons (Fsp3) is 0.286.